The number of benzene rings is 1. The SMILES string of the molecule is CCC(=O)N1CCC(COS(=O)c2ccc(C)cc2)CC1. The molecule has 1 atom stereocenters. The summed E-state index contributed by atoms with van der Waals surface area (Å²) in [6, 6.07) is 7.55. The molecule has 1 saturated heterocycles. The van der Waals surface area contributed by atoms with Gasteiger partial charge in [-0.1, -0.05) is 24.6 Å². The maximum absolute atomic E-state index is 12.0. The van der Waals surface area contributed by atoms with Gasteiger partial charge in [0.25, 0.3) is 0 Å². The monoisotopic (exact) mass is 309 g/mol. The summed E-state index contributed by atoms with van der Waals surface area (Å²) >= 11 is -1.39. The molecule has 1 amide bonds. The molecule has 0 radical (unpaired) electrons. The number of amides is 1. The number of carbonyl (C=O) groups is 1. The van der Waals surface area contributed by atoms with E-state index in [1.54, 1.807) is 0 Å². The number of piperidine rings is 1. The quantitative estimate of drug-likeness (QED) is 0.840. The number of aryl methyl sites for hydroxylation is 1. The van der Waals surface area contributed by atoms with Crippen LogP contribution in [0.25, 0.3) is 0 Å². The van der Waals surface area contributed by atoms with Gasteiger partial charge in [0.2, 0.25) is 5.91 Å². The zero-order valence-corrected chi connectivity index (χ0v) is 13.5. The Morgan fingerprint density at radius 1 is 1.29 bits per heavy atom. The molecule has 1 aromatic carbocycles. The van der Waals surface area contributed by atoms with Crippen LogP contribution in [0.15, 0.2) is 29.2 Å². The van der Waals surface area contributed by atoms with Gasteiger partial charge in [-0.3, -0.25) is 8.98 Å². The first-order valence-corrected chi connectivity index (χ1v) is 8.57. The largest absolute Gasteiger partial charge is 0.343 e. The zero-order chi connectivity index (χ0) is 15.2. The topological polar surface area (TPSA) is 46.6 Å². The lowest BCUT2D eigenvalue weighted by atomic mass is 9.98. The number of likely N-dealkylation sites (tertiary alicyclic amines) is 1. The van der Waals surface area contributed by atoms with Crippen LogP contribution in [0.1, 0.15) is 31.7 Å². The van der Waals surface area contributed by atoms with E-state index in [4.69, 9.17) is 4.18 Å². The summed E-state index contributed by atoms with van der Waals surface area (Å²) in [5, 5.41) is 0. The molecule has 0 bridgehead atoms. The van der Waals surface area contributed by atoms with Crippen LogP contribution < -0.4 is 0 Å². The van der Waals surface area contributed by atoms with Crippen molar-refractivity contribution in [3.8, 4) is 0 Å². The standard InChI is InChI=1S/C16H23NO3S/c1-3-16(18)17-10-8-14(9-11-17)12-20-21(19)15-6-4-13(2)5-7-15/h4-7,14H,3,8-12H2,1-2H3. The van der Waals surface area contributed by atoms with Crippen molar-refractivity contribution in [1.82, 2.24) is 4.90 Å². The highest BCUT2D eigenvalue weighted by Crippen LogP contribution is 2.19. The van der Waals surface area contributed by atoms with E-state index in [1.165, 1.54) is 0 Å². The van der Waals surface area contributed by atoms with Crippen molar-refractivity contribution in [3.63, 3.8) is 0 Å². The van der Waals surface area contributed by atoms with Crippen molar-refractivity contribution in [2.45, 2.75) is 38.0 Å². The Labute approximate surface area is 129 Å². The second kappa shape index (κ2) is 7.71. The number of rotatable bonds is 5. The Morgan fingerprint density at radius 2 is 1.90 bits per heavy atom. The smallest absolute Gasteiger partial charge is 0.222 e. The van der Waals surface area contributed by atoms with Crippen LogP contribution in [-0.2, 0) is 20.1 Å². The first-order valence-electron chi connectivity index (χ1n) is 7.49. The molecule has 4 nitrogen and oxygen atoms in total. The fourth-order valence-electron chi connectivity index (χ4n) is 2.45. The summed E-state index contributed by atoms with van der Waals surface area (Å²) in [4.78, 5) is 14.2. The maximum atomic E-state index is 12.0. The Hall–Kier alpha value is -1.20. The molecule has 21 heavy (non-hydrogen) atoms. The van der Waals surface area contributed by atoms with Gasteiger partial charge in [0, 0.05) is 19.5 Å². The van der Waals surface area contributed by atoms with E-state index in [-0.39, 0.29) is 5.91 Å². The second-order valence-corrected chi connectivity index (χ2v) is 6.69. The van der Waals surface area contributed by atoms with Gasteiger partial charge in [-0.2, -0.15) is 0 Å². The molecule has 0 aromatic heterocycles. The van der Waals surface area contributed by atoms with Gasteiger partial charge in [0.15, 0.2) is 11.1 Å². The molecule has 1 fully saturated rings. The molecule has 0 N–H and O–H groups in total. The van der Waals surface area contributed by atoms with E-state index in [1.807, 2.05) is 43.0 Å². The summed E-state index contributed by atoms with van der Waals surface area (Å²) in [6.07, 6.45) is 2.42. The first kappa shape index (κ1) is 16.2. The van der Waals surface area contributed by atoms with Crippen molar-refractivity contribution in [1.29, 1.82) is 0 Å². The molecular weight excluding hydrogens is 286 g/mol. The molecule has 2 rings (SSSR count). The van der Waals surface area contributed by atoms with Crippen molar-refractivity contribution in [2.75, 3.05) is 19.7 Å². The van der Waals surface area contributed by atoms with E-state index in [0.717, 1.165) is 31.5 Å². The molecule has 1 heterocycles. The van der Waals surface area contributed by atoms with Gasteiger partial charge < -0.3 is 4.90 Å². The summed E-state index contributed by atoms with van der Waals surface area (Å²) in [7, 11) is 0. The van der Waals surface area contributed by atoms with Crippen LogP contribution >= 0.6 is 0 Å². The Balaban J connectivity index is 1.75. The Morgan fingerprint density at radius 3 is 2.48 bits per heavy atom. The fraction of sp³-hybridized carbons (Fsp3) is 0.562. The van der Waals surface area contributed by atoms with E-state index in [9.17, 15) is 9.00 Å². The van der Waals surface area contributed by atoms with Gasteiger partial charge in [0.1, 0.15) is 0 Å². The van der Waals surface area contributed by atoms with Gasteiger partial charge >= 0.3 is 0 Å². The fourth-order valence-corrected chi connectivity index (χ4v) is 3.26. The molecule has 1 aliphatic rings. The van der Waals surface area contributed by atoms with Crippen molar-refractivity contribution < 1.29 is 13.2 Å². The van der Waals surface area contributed by atoms with Gasteiger partial charge in [0.05, 0.1) is 11.5 Å². The van der Waals surface area contributed by atoms with Crippen LogP contribution in [-0.4, -0.2) is 34.7 Å². The molecule has 0 spiro atoms. The molecule has 0 saturated carbocycles. The summed E-state index contributed by atoms with van der Waals surface area (Å²) < 4.78 is 17.5. The van der Waals surface area contributed by atoms with E-state index >= 15 is 0 Å². The minimum Gasteiger partial charge on any atom is -0.343 e. The summed E-state index contributed by atoms with van der Waals surface area (Å²) in [6.45, 7) is 5.96. The minimum absolute atomic E-state index is 0.220. The Bertz CT molecular complexity index is 493. The second-order valence-electron chi connectivity index (χ2n) is 5.51. The van der Waals surface area contributed by atoms with Crippen molar-refractivity contribution in [3.05, 3.63) is 29.8 Å². The highest BCUT2D eigenvalue weighted by molar-refractivity contribution is 7.80. The number of nitrogens with zero attached hydrogens (tertiary/aromatic N) is 1. The number of carbonyl (C=O) groups excluding carboxylic acids is 1. The molecular formula is C16H23NO3S. The normalized spacial score (nSPS) is 17.7. The van der Waals surface area contributed by atoms with Crippen molar-refractivity contribution in [2.24, 2.45) is 5.92 Å². The molecule has 116 valence electrons. The summed E-state index contributed by atoms with van der Waals surface area (Å²) in [5.74, 6) is 0.609. The zero-order valence-electron chi connectivity index (χ0n) is 12.7. The lowest BCUT2D eigenvalue weighted by Gasteiger charge is -2.31. The third-order valence-corrected chi connectivity index (χ3v) is 4.90. The third-order valence-electron chi connectivity index (χ3n) is 3.89. The van der Waals surface area contributed by atoms with Crippen LogP contribution in [0.3, 0.4) is 0 Å². The highest BCUT2D eigenvalue weighted by atomic mass is 32.2. The van der Waals surface area contributed by atoms with Crippen LogP contribution in [0.2, 0.25) is 0 Å². The number of hydrogen-bond donors (Lipinski definition) is 0. The highest BCUT2D eigenvalue weighted by Gasteiger charge is 2.22. The minimum atomic E-state index is -1.39. The molecule has 0 aliphatic carbocycles. The predicted molar refractivity (Wildman–Crippen MR) is 83.1 cm³/mol. The number of hydrogen-bond acceptors (Lipinski definition) is 3. The van der Waals surface area contributed by atoms with Gasteiger partial charge in [-0.05, 0) is 37.8 Å². The van der Waals surface area contributed by atoms with E-state index in [0.29, 0.717) is 23.8 Å². The molecule has 1 aliphatic heterocycles. The Kier molecular flexibility index (Phi) is 5.94. The lowest BCUT2D eigenvalue weighted by Crippen LogP contribution is -2.39. The van der Waals surface area contributed by atoms with E-state index in [2.05, 4.69) is 0 Å². The molecule has 5 heteroatoms. The van der Waals surface area contributed by atoms with Crippen molar-refractivity contribution >= 4 is 17.0 Å². The van der Waals surface area contributed by atoms with Crippen LogP contribution in [0.5, 0.6) is 0 Å². The molecule has 1 unspecified atom stereocenters. The average Bonchev–Trinajstić information content (AvgIpc) is 2.53. The third kappa shape index (κ3) is 4.64. The van der Waals surface area contributed by atoms with Gasteiger partial charge in [-0.25, -0.2) is 4.21 Å². The van der Waals surface area contributed by atoms with Crippen LogP contribution in [0.4, 0.5) is 0 Å². The molecule has 1 aromatic rings. The first-order chi connectivity index (χ1) is 10.1. The lowest BCUT2D eigenvalue weighted by molar-refractivity contribution is -0.132. The van der Waals surface area contributed by atoms with Crippen LogP contribution in [0, 0.1) is 12.8 Å². The van der Waals surface area contributed by atoms with E-state index < -0.39 is 11.1 Å². The van der Waals surface area contributed by atoms with Gasteiger partial charge in [-0.15, -0.1) is 0 Å². The summed E-state index contributed by atoms with van der Waals surface area (Å²) in [5.41, 5.74) is 1.14. The average molecular weight is 309 g/mol. The maximum Gasteiger partial charge on any atom is 0.222 e. The predicted octanol–water partition coefficient (Wildman–Crippen LogP) is 2.68.